The number of carbonyl (C=O) groups excluding carboxylic acids is 1. The summed E-state index contributed by atoms with van der Waals surface area (Å²) in [6, 6.07) is 10.4. The average molecular weight is 364 g/mol. The number of nitrogens with zero attached hydrogens (tertiary/aromatic N) is 2. The molecule has 0 fully saturated rings. The summed E-state index contributed by atoms with van der Waals surface area (Å²) >= 11 is 0. The highest BCUT2D eigenvalue weighted by molar-refractivity contribution is 5.79. The van der Waals surface area contributed by atoms with Crippen molar-refractivity contribution in [2.75, 3.05) is 40.3 Å². The fraction of sp³-hybridized carbons (Fsp3) is 0.579. The van der Waals surface area contributed by atoms with E-state index in [2.05, 4.69) is 57.2 Å². The number of guanidine groups is 1. The van der Waals surface area contributed by atoms with Crippen molar-refractivity contribution in [3.05, 3.63) is 35.9 Å². The van der Waals surface area contributed by atoms with Crippen molar-refractivity contribution < 1.29 is 9.53 Å². The van der Waals surface area contributed by atoms with Crippen molar-refractivity contribution in [1.82, 2.24) is 20.9 Å². The maximum absolute atomic E-state index is 11.6. The fourth-order valence-electron chi connectivity index (χ4n) is 2.22. The van der Waals surface area contributed by atoms with E-state index in [1.165, 1.54) is 5.56 Å². The lowest BCUT2D eigenvalue weighted by atomic mass is 10.2. The molecule has 7 heteroatoms. The first kappa shape index (κ1) is 21.8. The SMILES string of the molecule is CN=C(NCCNC(=O)OC(C)(C)C)NCCN(C)Cc1ccccc1. The highest BCUT2D eigenvalue weighted by Crippen LogP contribution is 2.06. The van der Waals surface area contributed by atoms with Gasteiger partial charge in [0, 0.05) is 39.8 Å². The first-order valence-corrected chi connectivity index (χ1v) is 8.94. The molecule has 0 atom stereocenters. The van der Waals surface area contributed by atoms with Crippen molar-refractivity contribution in [3.8, 4) is 0 Å². The number of carbonyl (C=O) groups is 1. The largest absolute Gasteiger partial charge is 0.444 e. The summed E-state index contributed by atoms with van der Waals surface area (Å²) in [4.78, 5) is 18.0. The van der Waals surface area contributed by atoms with E-state index < -0.39 is 11.7 Å². The molecule has 0 bridgehead atoms. The maximum atomic E-state index is 11.6. The van der Waals surface area contributed by atoms with Gasteiger partial charge < -0.3 is 25.6 Å². The van der Waals surface area contributed by atoms with Gasteiger partial charge in [-0.1, -0.05) is 30.3 Å². The Labute approximate surface area is 157 Å². The zero-order valence-electron chi connectivity index (χ0n) is 16.6. The number of ether oxygens (including phenoxy) is 1. The minimum absolute atomic E-state index is 0.412. The predicted octanol–water partition coefficient (Wildman–Crippen LogP) is 1.81. The van der Waals surface area contributed by atoms with Crippen LogP contribution in [0.25, 0.3) is 0 Å². The van der Waals surface area contributed by atoms with Gasteiger partial charge in [0.15, 0.2) is 5.96 Å². The predicted molar refractivity (Wildman–Crippen MR) is 106 cm³/mol. The molecule has 0 aliphatic heterocycles. The molecule has 0 saturated carbocycles. The number of amides is 1. The van der Waals surface area contributed by atoms with E-state index in [-0.39, 0.29) is 0 Å². The Balaban J connectivity index is 2.16. The molecule has 1 aromatic carbocycles. The van der Waals surface area contributed by atoms with Crippen molar-refractivity contribution in [2.24, 2.45) is 4.99 Å². The minimum Gasteiger partial charge on any atom is -0.444 e. The topological polar surface area (TPSA) is 78.0 Å². The van der Waals surface area contributed by atoms with Gasteiger partial charge in [0.2, 0.25) is 0 Å². The lowest BCUT2D eigenvalue weighted by Crippen LogP contribution is -2.44. The first-order chi connectivity index (χ1) is 12.3. The van der Waals surface area contributed by atoms with Crippen LogP contribution in [0.15, 0.2) is 35.3 Å². The molecule has 0 aromatic heterocycles. The second-order valence-corrected chi connectivity index (χ2v) is 7.08. The van der Waals surface area contributed by atoms with E-state index >= 15 is 0 Å². The fourth-order valence-corrected chi connectivity index (χ4v) is 2.22. The lowest BCUT2D eigenvalue weighted by Gasteiger charge is -2.20. The second kappa shape index (κ2) is 11.4. The first-order valence-electron chi connectivity index (χ1n) is 8.94. The number of benzene rings is 1. The molecule has 0 spiro atoms. The number of hydrogen-bond donors (Lipinski definition) is 3. The third-order valence-corrected chi connectivity index (χ3v) is 3.39. The van der Waals surface area contributed by atoms with Crippen molar-refractivity contribution in [3.63, 3.8) is 0 Å². The van der Waals surface area contributed by atoms with Gasteiger partial charge in [-0.2, -0.15) is 0 Å². The van der Waals surface area contributed by atoms with Crippen LogP contribution in [0.1, 0.15) is 26.3 Å². The number of likely N-dealkylation sites (N-methyl/N-ethyl adjacent to an activating group) is 1. The molecule has 3 N–H and O–H groups in total. The molecule has 0 saturated heterocycles. The maximum Gasteiger partial charge on any atom is 0.407 e. The molecule has 146 valence electrons. The lowest BCUT2D eigenvalue weighted by molar-refractivity contribution is 0.0529. The van der Waals surface area contributed by atoms with E-state index in [0.717, 1.165) is 19.6 Å². The minimum atomic E-state index is -0.485. The van der Waals surface area contributed by atoms with Crippen molar-refractivity contribution in [1.29, 1.82) is 0 Å². The molecule has 7 nitrogen and oxygen atoms in total. The molecular formula is C19H33N5O2. The van der Waals surface area contributed by atoms with Gasteiger partial charge >= 0.3 is 6.09 Å². The number of hydrogen-bond acceptors (Lipinski definition) is 4. The van der Waals surface area contributed by atoms with Gasteiger partial charge in [-0.3, -0.25) is 4.99 Å². The van der Waals surface area contributed by atoms with Gasteiger partial charge in [0.1, 0.15) is 5.60 Å². The summed E-state index contributed by atoms with van der Waals surface area (Å²) in [5, 5.41) is 9.13. The van der Waals surface area contributed by atoms with Crippen LogP contribution < -0.4 is 16.0 Å². The Bertz CT molecular complexity index is 555. The third-order valence-electron chi connectivity index (χ3n) is 3.39. The third kappa shape index (κ3) is 10.6. The zero-order valence-corrected chi connectivity index (χ0v) is 16.6. The molecule has 1 aromatic rings. The highest BCUT2D eigenvalue weighted by atomic mass is 16.6. The molecule has 26 heavy (non-hydrogen) atoms. The Morgan fingerprint density at radius 2 is 1.69 bits per heavy atom. The summed E-state index contributed by atoms with van der Waals surface area (Å²) in [6.45, 7) is 9.13. The molecular weight excluding hydrogens is 330 g/mol. The van der Waals surface area contributed by atoms with Crippen LogP contribution in [-0.4, -0.2) is 62.8 Å². The van der Waals surface area contributed by atoms with Crippen LogP contribution in [0.4, 0.5) is 4.79 Å². The van der Waals surface area contributed by atoms with Gasteiger partial charge in [-0.05, 0) is 33.4 Å². The molecule has 0 aliphatic carbocycles. The standard InChI is InChI=1S/C19H33N5O2/c1-19(2,3)26-18(25)23-12-11-21-17(20-4)22-13-14-24(5)15-16-9-7-6-8-10-16/h6-10H,11-15H2,1-5H3,(H,23,25)(H2,20,21,22). The van der Waals surface area contributed by atoms with Crippen LogP contribution in [0, 0.1) is 0 Å². The normalized spacial score (nSPS) is 12.0. The van der Waals surface area contributed by atoms with Gasteiger partial charge in [-0.25, -0.2) is 4.79 Å². The van der Waals surface area contributed by atoms with Crippen LogP contribution in [0.3, 0.4) is 0 Å². The van der Waals surface area contributed by atoms with E-state index in [0.29, 0.717) is 19.0 Å². The Morgan fingerprint density at radius 1 is 1.08 bits per heavy atom. The number of nitrogens with one attached hydrogen (secondary N) is 3. The highest BCUT2D eigenvalue weighted by Gasteiger charge is 2.15. The Hall–Kier alpha value is -2.28. The number of alkyl carbamates (subject to hydrolysis) is 1. The summed E-state index contributed by atoms with van der Waals surface area (Å²) in [6.07, 6.45) is -0.412. The van der Waals surface area contributed by atoms with Gasteiger partial charge in [-0.15, -0.1) is 0 Å². The quantitative estimate of drug-likeness (QED) is 0.373. The Morgan fingerprint density at radius 3 is 2.31 bits per heavy atom. The zero-order chi connectivity index (χ0) is 19.4. The summed E-state index contributed by atoms with van der Waals surface area (Å²) in [5.41, 5.74) is 0.812. The van der Waals surface area contributed by atoms with Gasteiger partial charge in [0.05, 0.1) is 0 Å². The van der Waals surface area contributed by atoms with E-state index in [4.69, 9.17) is 4.74 Å². The van der Waals surface area contributed by atoms with E-state index in [1.807, 2.05) is 26.8 Å². The molecule has 1 amide bonds. The van der Waals surface area contributed by atoms with Crippen LogP contribution in [0.2, 0.25) is 0 Å². The second-order valence-electron chi connectivity index (χ2n) is 7.08. The number of rotatable bonds is 8. The van der Waals surface area contributed by atoms with E-state index in [1.54, 1.807) is 7.05 Å². The van der Waals surface area contributed by atoms with Gasteiger partial charge in [0.25, 0.3) is 0 Å². The molecule has 0 heterocycles. The Kier molecular flexibility index (Phi) is 9.51. The summed E-state index contributed by atoms with van der Waals surface area (Å²) < 4.78 is 5.18. The average Bonchev–Trinajstić information content (AvgIpc) is 2.56. The monoisotopic (exact) mass is 363 g/mol. The van der Waals surface area contributed by atoms with Crippen LogP contribution in [0.5, 0.6) is 0 Å². The van der Waals surface area contributed by atoms with Crippen molar-refractivity contribution in [2.45, 2.75) is 32.9 Å². The summed E-state index contributed by atoms with van der Waals surface area (Å²) in [5.74, 6) is 0.712. The molecule has 0 aliphatic rings. The van der Waals surface area contributed by atoms with Crippen molar-refractivity contribution >= 4 is 12.1 Å². The number of aliphatic imine (C=N–C) groups is 1. The van der Waals surface area contributed by atoms with Crippen LogP contribution in [-0.2, 0) is 11.3 Å². The molecule has 0 unspecified atom stereocenters. The van der Waals surface area contributed by atoms with E-state index in [9.17, 15) is 4.79 Å². The summed E-state index contributed by atoms with van der Waals surface area (Å²) in [7, 11) is 3.82. The smallest absolute Gasteiger partial charge is 0.407 e. The molecule has 0 radical (unpaired) electrons. The van der Waals surface area contributed by atoms with Crippen LogP contribution >= 0.6 is 0 Å². The molecule has 1 rings (SSSR count).